The average molecular weight is 356 g/mol. The van der Waals surface area contributed by atoms with Crippen molar-refractivity contribution in [1.29, 1.82) is 0 Å². The van der Waals surface area contributed by atoms with Crippen LogP contribution >= 0.6 is 12.8 Å². The fourth-order valence-corrected chi connectivity index (χ4v) is 2.57. The van der Waals surface area contributed by atoms with Gasteiger partial charge in [0.05, 0.1) is 0 Å². The van der Waals surface area contributed by atoms with Crippen molar-refractivity contribution >= 4 is 24.8 Å². The first kappa shape index (κ1) is 19.1. The van der Waals surface area contributed by atoms with Gasteiger partial charge in [-0.1, -0.05) is 70.0 Å². The maximum Gasteiger partial charge on any atom is 0.334 e. The Hall–Kier alpha value is -2.27. The number of urea groups is 1. The summed E-state index contributed by atoms with van der Waals surface area (Å²) in [4.78, 5) is 24.6. The van der Waals surface area contributed by atoms with Crippen LogP contribution < -0.4 is 5.32 Å². The Morgan fingerprint density at radius 1 is 1.04 bits per heavy atom. The van der Waals surface area contributed by atoms with E-state index in [-0.39, 0.29) is 5.41 Å². The summed E-state index contributed by atoms with van der Waals surface area (Å²) in [6.07, 6.45) is 0. The summed E-state index contributed by atoms with van der Waals surface area (Å²) in [6, 6.07) is 14.5. The smallest absolute Gasteiger partial charge is 0.333 e. The number of imide groups is 1. The topological polar surface area (TPSA) is 49.4 Å². The van der Waals surface area contributed by atoms with E-state index in [0.29, 0.717) is 12.1 Å². The van der Waals surface area contributed by atoms with E-state index in [1.807, 2.05) is 43.3 Å². The molecule has 25 heavy (non-hydrogen) atoms. The highest BCUT2D eigenvalue weighted by Crippen LogP contribution is 2.22. The zero-order valence-electron chi connectivity index (χ0n) is 15.0. The van der Waals surface area contributed by atoms with Gasteiger partial charge in [-0.3, -0.25) is 4.79 Å². The molecule has 0 spiro atoms. The van der Waals surface area contributed by atoms with Crippen LogP contribution in [0.25, 0.3) is 0 Å². The molecule has 132 valence electrons. The van der Waals surface area contributed by atoms with Crippen LogP contribution in [0.15, 0.2) is 48.5 Å². The number of rotatable bonds is 3. The van der Waals surface area contributed by atoms with Gasteiger partial charge < -0.3 is 5.32 Å². The van der Waals surface area contributed by atoms with E-state index in [9.17, 15) is 9.59 Å². The van der Waals surface area contributed by atoms with Gasteiger partial charge in [-0.15, -0.1) is 0 Å². The molecule has 0 heterocycles. The number of nitrogens with one attached hydrogen (secondary N) is 1. The maximum absolute atomic E-state index is 12.4. The summed E-state index contributed by atoms with van der Waals surface area (Å²) in [7, 11) is 0. The van der Waals surface area contributed by atoms with Crippen LogP contribution in [0.3, 0.4) is 0 Å². The SMILES string of the molecule is Cc1ccccc1CNC(=O)N(S)C(=O)c1ccc(C(C)(C)C)cc1. The maximum atomic E-state index is 12.4. The Balaban J connectivity index is 2.01. The third kappa shape index (κ3) is 4.86. The Kier molecular flexibility index (Phi) is 5.90. The molecule has 0 aromatic heterocycles. The van der Waals surface area contributed by atoms with Gasteiger partial charge in [-0.05, 0) is 41.2 Å². The summed E-state index contributed by atoms with van der Waals surface area (Å²) in [5.41, 5.74) is 3.64. The van der Waals surface area contributed by atoms with Crippen LogP contribution in [0.1, 0.15) is 47.8 Å². The Morgan fingerprint density at radius 2 is 1.64 bits per heavy atom. The number of nitrogens with zero attached hydrogens (tertiary/aromatic N) is 1. The first-order chi connectivity index (χ1) is 11.7. The van der Waals surface area contributed by atoms with E-state index in [4.69, 9.17) is 0 Å². The quantitative estimate of drug-likeness (QED) is 0.796. The lowest BCUT2D eigenvalue weighted by molar-refractivity contribution is 0.0895. The molecule has 4 nitrogen and oxygen atoms in total. The second-order valence-corrected chi connectivity index (χ2v) is 7.43. The molecule has 0 aliphatic carbocycles. The number of aryl methyl sites for hydroxylation is 1. The number of carbonyl (C=O) groups is 2. The lowest BCUT2D eigenvalue weighted by Crippen LogP contribution is -2.37. The number of amides is 3. The van der Waals surface area contributed by atoms with Crippen LogP contribution in [0.2, 0.25) is 0 Å². The van der Waals surface area contributed by atoms with Crippen LogP contribution in [0.4, 0.5) is 4.79 Å². The predicted molar refractivity (Wildman–Crippen MR) is 104 cm³/mol. The molecular formula is C20H24N2O2S. The van der Waals surface area contributed by atoms with Gasteiger partial charge in [0.15, 0.2) is 0 Å². The lowest BCUT2D eigenvalue weighted by atomic mass is 9.87. The molecule has 0 fully saturated rings. The van der Waals surface area contributed by atoms with Crippen molar-refractivity contribution in [3.8, 4) is 0 Å². The third-order valence-electron chi connectivity index (χ3n) is 4.07. The Labute approximate surface area is 154 Å². The highest BCUT2D eigenvalue weighted by Gasteiger charge is 2.21. The van der Waals surface area contributed by atoms with E-state index < -0.39 is 11.9 Å². The third-order valence-corrected chi connectivity index (χ3v) is 4.44. The van der Waals surface area contributed by atoms with E-state index in [1.165, 1.54) is 0 Å². The van der Waals surface area contributed by atoms with Crippen molar-refractivity contribution in [2.24, 2.45) is 0 Å². The van der Waals surface area contributed by atoms with Gasteiger partial charge in [0.2, 0.25) is 0 Å². The number of hydrogen-bond acceptors (Lipinski definition) is 3. The number of hydrogen-bond donors (Lipinski definition) is 2. The fraction of sp³-hybridized carbons (Fsp3) is 0.300. The van der Waals surface area contributed by atoms with E-state index in [2.05, 4.69) is 38.9 Å². The van der Waals surface area contributed by atoms with Gasteiger partial charge in [0, 0.05) is 12.1 Å². The minimum atomic E-state index is -0.545. The van der Waals surface area contributed by atoms with Crippen molar-refractivity contribution < 1.29 is 9.59 Å². The largest absolute Gasteiger partial charge is 0.334 e. The zero-order valence-corrected chi connectivity index (χ0v) is 15.9. The van der Waals surface area contributed by atoms with Gasteiger partial charge in [0.25, 0.3) is 5.91 Å². The molecule has 2 aromatic rings. The lowest BCUT2D eigenvalue weighted by Gasteiger charge is -2.20. The summed E-state index contributed by atoms with van der Waals surface area (Å²) in [5.74, 6) is -0.453. The highest BCUT2D eigenvalue weighted by atomic mass is 32.1. The molecule has 5 heteroatoms. The molecule has 0 aliphatic rings. The van der Waals surface area contributed by atoms with Crippen molar-refractivity contribution in [1.82, 2.24) is 9.62 Å². The molecule has 0 saturated heterocycles. The second-order valence-electron chi connectivity index (χ2n) is 7.03. The summed E-state index contributed by atoms with van der Waals surface area (Å²) >= 11 is 4.06. The number of thiol groups is 1. The molecule has 2 rings (SSSR count). The van der Waals surface area contributed by atoms with E-state index in [1.54, 1.807) is 12.1 Å². The predicted octanol–water partition coefficient (Wildman–Crippen LogP) is 4.49. The Morgan fingerprint density at radius 3 is 2.20 bits per heavy atom. The fourth-order valence-electron chi connectivity index (χ4n) is 2.38. The van der Waals surface area contributed by atoms with Crippen molar-refractivity contribution in [3.63, 3.8) is 0 Å². The Bertz CT molecular complexity index is 764. The first-order valence-corrected chi connectivity index (χ1v) is 8.56. The summed E-state index contributed by atoms with van der Waals surface area (Å²) in [5, 5.41) is 2.72. The monoisotopic (exact) mass is 356 g/mol. The molecule has 1 N–H and O–H groups in total. The van der Waals surface area contributed by atoms with Crippen LogP contribution in [0, 0.1) is 6.92 Å². The molecule has 2 aromatic carbocycles. The molecule has 0 saturated carbocycles. The van der Waals surface area contributed by atoms with Crippen LogP contribution in [-0.4, -0.2) is 16.2 Å². The van der Waals surface area contributed by atoms with E-state index >= 15 is 0 Å². The molecule has 3 amide bonds. The van der Waals surface area contributed by atoms with Gasteiger partial charge in [-0.25, -0.2) is 9.10 Å². The van der Waals surface area contributed by atoms with Crippen molar-refractivity contribution in [2.75, 3.05) is 0 Å². The van der Waals surface area contributed by atoms with Crippen LogP contribution in [-0.2, 0) is 12.0 Å². The molecule has 0 unspecified atom stereocenters. The van der Waals surface area contributed by atoms with Crippen LogP contribution in [0.5, 0.6) is 0 Å². The molecule has 0 radical (unpaired) electrons. The average Bonchev–Trinajstić information content (AvgIpc) is 2.59. The van der Waals surface area contributed by atoms with E-state index in [0.717, 1.165) is 21.0 Å². The minimum Gasteiger partial charge on any atom is -0.333 e. The highest BCUT2D eigenvalue weighted by molar-refractivity contribution is 7.79. The van der Waals surface area contributed by atoms with Crippen molar-refractivity contribution in [3.05, 3.63) is 70.8 Å². The molecular weight excluding hydrogens is 332 g/mol. The van der Waals surface area contributed by atoms with Crippen molar-refractivity contribution in [2.45, 2.75) is 39.7 Å². The van der Waals surface area contributed by atoms with Gasteiger partial charge in [-0.2, -0.15) is 0 Å². The first-order valence-electron chi connectivity index (χ1n) is 8.16. The molecule has 0 atom stereocenters. The van der Waals surface area contributed by atoms with Gasteiger partial charge in [0.1, 0.15) is 0 Å². The summed E-state index contributed by atoms with van der Waals surface area (Å²) in [6.45, 7) is 8.63. The minimum absolute atomic E-state index is 0.00709. The normalized spacial score (nSPS) is 11.1. The molecule has 0 bridgehead atoms. The van der Waals surface area contributed by atoms with Gasteiger partial charge >= 0.3 is 6.03 Å². The standard InChI is InChI=1S/C20H24N2O2S/c1-14-7-5-6-8-16(14)13-21-19(24)22(25)18(23)15-9-11-17(12-10-15)20(2,3)4/h5-12,25H,13H2,1-4H3,(H,21,24). The zero-order chi connectivity index (χ0) is 18.6. The summed E-state index contributed by atoms with van der Waals surface area (Å²) < 4.78 is 0.810. The second kappa shape index (κ2) is 7.74. The number of benzene rings is 2. The number of carbonyl (C=O) groups excluding carboxylic acids is 2. The molecule has 0 aliphatic heterocycles.